The van der Waals surface area contributed by atoms with Gasteiger partial charge in [0.2, 0.25) is 0 Å². The molecule has 3 nitrogen and oxygen atoms in total. The monoisotopic (exact) mass is 283 g/mol. The van der Waals surface area contributed by atoms with E-state index < -0.39 is 0 Å². The Bertz CT molecular complexity index is 419. The molecule has 2 rings (SSSR count). The van der Waals surface area contributed by atoms with Gasteiger partial charge in [0.1, 0.15) is 0 Å². The summed E-state index contributed by atoms with van der Waals surface area (Å²) in [6.45, 7) is 1.88. The molecule has 0 amide bonds. The zero-order valence-electron chi connectivity index (χ0n) is 11.7. The summed E-state index contributed by atoms with van der Waals surface area (Å²) < 4.78 is 10.5. The summed E-state index contributed by atoms with van der Waals surface area (Å²) in [4.78, 5) is 0. The van der Waals surface area contributed by atoms with Crippen molar-refractivity contribution in [2.24, 2.45) is 5.92 Å². The number of methoxy groups -OCH3 is 2. The van der Waals surface area contributed by atoms with Crippen LogP contribution in [0.2, 0.25) is 5.02 Å². The van der Waals surface area contributed by atoms with Gasteiger partial charge in [-0.3, -0.25) is 0 Å². The second-order valence-corrected chi connectivity index (χ2v) is 5.48. The minimum Gasteiger partial charge on any atom is -0.493 e. The summed E-state index contributed by atoms with van der Waals surface area (Å²) in [5.74, 6) is 2.23. The largest absolute Gasteiger partial charge is 0.493 e. The summed E-state index contributed by atoms with van der Waals surface area (Å²) in [5, 5.41) is 4.06. The molecule has 19 heavy (non-hydrogen) atoms. The van der Waals surface area contributed by atoms with Crippen LogP contribution in [0.3, 0.4) is 0 Å². The van der Waals surface area contributed by atoms with Gasteiger partial charge in [0.05, 0.1) is 19.2 Å². The Morgan fingerprint density at radius 2 is 2.05 bits per heavy atom. The van der Waals surface area contributed by atoms with E-state index in [9.17, 15) is 0 Å². The van der Waals surface area contributed by atoms with E-state index in [1.807, 2.05) is 12.1 Å². The molecule has 106 valence electrons. The van der Waals surface area contributed by atoms with Crippen LogP contribution in [0.5, 0.6) is 11.5 Å². The van der Waals surface area contributed by atoms with Crippen LogP contribution in [0.25, 0.3) is 0 Å². The van der Waals surface area contributed by atoms with Crippen LogP contribution in [-0.4, -0.2) is 20.8 Å². The van der Waals surface area contributed by atoms with Crippen LogP contribution in [0.1, 0.15) is 31.2 Å². The number of halogens is 1. The predicted octanol–water partition coefficient (Wildman–Crippen LogP) is 3.64. The topological polar surface area (TPSA) is 30.5 Å². The van der Waals surface area contributed by atoms with Crippen molar-refractivity contribution < 1.29 is 9.47 Å². The van der Waals surface area contributed by atoms with Crippen molar-refractivity contribution in [2.45, 2.75) is 32.2 Å². The van der Waals surface area contributed by atoms with Crippen molar-refractivity contribution >= 4 is 11.6 Å². The van der Waals surface area contributed by atoms with E-state index in [0.717, 1.165) is 24.6 Å². The lowest BCUT2D eigenvalue weighted by atomic mass is 9.83. The van der Waals surface area contributed by atoms with Crippen molar-refractivity contribution in [3.05, 3.63) is 22.7 Å². The Kier molecular flexibility index (Phi) is 5.34. The lowest BCUT2D eigenvalue weighted by molar-refractivity contribution is 0.292. The third kappa shape index (κ3) is 3.77. The molecular formula is C15H22ClNO2. The van der Waals surface area contributed by atoms with E-state index in [2.05, 4.69) is 5.32 Å². The van der Waals surface area contributed by atoms with Gasteiger partial charge in [-0.05, 0) is 36.6 Å². The Hall–Kier alpha value is -0.930. The number of hydrogen-bond donors (Lipinski definition) is 1. The molecule has 0 saturated heterocycles. The maximum atomic E-state index is 6.18. The maximum absolute atomic E-state index is 6.18. The molecule has 0 spiro atoms. The number of nitrogens with one attached hydrogen (secondary N) is 1. The minimum absolute atomic E-state index is 0.595. The SMILES string of the molecule is COc1cc(CNCCC2CCC2)cc(Cl)c1OC. The molecular weight excluding hydrogens is 262 g/mol. The molecule has 4 heteroatoms. The summed E-state index contributed by atoms with van der Waals surface area (Å²) >= 11 is 6.18. The number of hydrogen-bond acceptors (Lipinski definition) is 3. The zero-order chi connectivity index (χ0) is 13.7. The standard InChI is InChI=1S/C15H22ClNO2/c1-18-14-9-12(8-13(16)15(14)19-2)10-17-7-6-11-4-3-5-11/h8-9,11,17H,3-7,10H2,1-2H3. The van der Waals surface area contributed by atoms with Crippen LogP contribution < -0.4 is 14.8 Å². The predicted molar refractivity (Wildman–Crippen MR) is 78.2 cm³/mol. The average molecular weight is 284 g/mol. The lowest BCUT2D eigenvalue weighted by Gasteiger charge is -2.25. The Balaban J connectivity index is 1.86. The van der Waals surface area contributed by atoms with Gasteiger partial charge in [-0.25, -0.2) is 0 Å². The smallest absolute Gasteiger partial charge is 0.179 e. The molecule has 1 aromatic carbocycles. The first-order valence-corrected chi connectivity index (χ1v) is 7.23. The fourth-order valence-corrected chi connectivity index (χ4v) is 2.70. The van der Waals surface area contributed by atoms with E-state index in [0.29, 0.717) is 16.5 Å². The second kappa shape index (κ2) is 7.01. The third-order valence-electron chi connectivity index (χ3n) is 3.78. The van der Waals surface area contributed by atoms with Crippen LogP contribution in [0.4, 0.5) is 0 Å². The molecule has 0 bridgehead atoms. The van der Waals surface area contributed by atoms with Crippen LogP contribution in [0.15, 0.2) is 12.1 Å². The molecule has 0 unspecified atom stereocenters. The summed E-state index contributed by atoms with van der Waals surface area (Å²) in [6.07, 6.45) is 5.50. The molecule has 1 saturated carbocycles. The Morgan fingerprint density at radius 1 is 1.26 bits per heavy atom. The van der Waals surface area contributed by atoms with Crippen molar-refractivity contribution in [1.29, 1.82) is 0 Å². The normalized spacial score (nSPS) is 15.1. The van der Waals surface area contributed by atoms with Crippen LogP contribution >= 0.6 is 11.6 Å². The van der Waals surface area contributed by atoms with Crippen LogP contribution in [-0.2, 0) is 6.54 Å². The maximum Gasteiger partial charge on any atom is 0.179 e. The molecule has 1 fully saturated rings. The second-order valence-electron chi connectivity index (χ2n) is 5.08. The first-order chi connectivity index (χ1) is 9.24. The Morgan fingerprint density at radius 3 is 2.63 bits per heavy atom. The van der Waals surface area contributed by atoms with E-state index in [4.69, 9.17) is 21.1 Å². The first kappa shape index (κ1) is 14.5. The highest BCUT2D eigenvalue weighted by atomic mass is 35.5. The molecule has 1 N–H and O–H groups in total. The zero-order valence-corrected chi connectivity index (χ0v) is 12.4. The Labute approximate surface area is 120 Å². The molecule has 0 heterocycles. The highest BCUT2D eigenvalue weighted by Gasteiger charge is 2.16. The fraction of sp³-hybridized carbons (Fsp3) is 0.600. The van der Waals surface area contributed by atoms with Crippen LogP contribution in [0, 0.1) is 5.92 Å². The average Bonchev–Trinajstić information content (AvgIpc) is 2.35. The van der Waals surface area contributed by atoms with Crippen molar-refractivity contribution in [1.82, 2.24) is 5.32 Å². The van der Waals surface area contributed by atoms with E-state index in [-0.39, 0.29) is 0 Å². The van der Waals surface area contributed by atoms with Gasteiger partial charge in [-0.15, -0.1) is 0 Å². The fourth-order valence-electron chi connectivity index (χ4n) is 2.39. The van der Waals surface area contributed by atoms with E-state index in [1.54, 1.807) is 14.2 Å². The third-order valence-corrected chi connectivity index (χ3v) is 4.06. The lowest BCUT2D eigenvalue weighted by Crippen LogP contribution is -2.21. The summed E-state index contributed by atoms with van der Waals surface area (Å²) in [7, 11) is 3.22. The quantitative estimate of drug-likeness (QED) is 0.775. The highest BCUT2D eigenvalue weighted by molar-refractivity contribution is 6.32. The molecule has 1 aliphatic rings. The van der Waals surface area contributed by atoms with Gasteiger partial charge in [0.25, 0.3) is 0 Å². The van der Waals surface area contributed by atoms with Gasteiger partial charge < -0.3 is 14.8 Å². The molecule has 0 radical (unpaired) electrons. The summed E-state index contributed by atoms with van der Waals surface area (Å²) in [6, 6.07) is 3.90. The van der Waals surface area contributed by atoms with Gasteiger partial charge in [-0.1, -0.05) is 30.9 Å². The number of ether oxygens (including phenoxy) is 2. The van der Waals surface area contributed by atoms with E-state index in [1.165, 1.54) is 25.7 Å². The number of rotatable bonds is 7. The first-order valence-electron chi connectivity index (χ1n) is 6.85. The minimum atomic E-state index is 0.595. The molecule has 0 aromatic heterocycles. The number of benzene rings is 1. The molecule has 0 atom stereocenters. The van der Waals surface area contributed by atoms with E-state index >= 15 is 0 Å². The van der Waals surface area contributed by atoms with Crippen molar-refractivity contribution in [3.8, 4) is 11.5 Å². The van der Waals surface area contributed by atoms with Gasteiger partial charge >= 0.3 is 0 Å². The van der Waals surface area contributed by atoms with Gasteiger partial charge in [-0.2, -0.15) is 0 Å². The highest BCUT2D eigenvalue weighted by Crippen LogP contribution is 2.36. The molecule has 1 aliphatic carbocycles. The molecule has 1 aromatic rings. The van der Waals surface area contributed by atoms with Crippen molar-refractivity contribution in [3.63, 3.8) is 0 Å². The van der Waals surface area contributed by atoms with Gasteiger partial charge in [0, 0.05) is 6.54 Å². The van der Waals surface area contributed by atoms with Gasteiger partial charge in [0.15, 0.2) is 11.5 Å². The molecule has 0 aliphatic heterocycles. The van der Waals surface area contributed by atoms with Crippen molar-refractivity contribution in [2.75, 3.05) is 20.8 Å². The summed E-state index contributed by atoms with van der Waals surface area (Å²) in [5.41, 5.74) is 1.12.